The van der Waals surface area contributed by atoms with Crippen molar-refractivity contribution in [3.8, 4) is 5.75 Å². The van der Waals surface area contributed by atoms with E-state index >= 15 is 0 Å². The van der Waals surface area contributed by atoms with E-state index in [-0.39, 0.29) is 16.3 Å². The number of halogens is 4. The third kappa shape index (κ3) is 5.39. The highest BCUT2D eigenvalue weighted by Crippen LogP contribution is 2.18. The molecule has 0 aromatic heterocycles. The van der Waals surface area contributed by atoms with E-state index in [0.29, 0.717) is 0 Å². The van der Waals surface area contributed by atoms with Crippen molar-refractivity contribution in [3.63, 3.8) is 0 Å². The number of rotatable bonds is 5. The zero-order chi connectivity index (χ0) is 15.3. The lowest BCUT2D eigenvalue weighted by molar-refractivity contribution is -0.139. The van der Waals surface area contributed by atoms with Crippen molar-refractivity contribution in [2.75, 3.05) is 13.2 Å². The van der Waals surface area contributed by atoms with E-state index in [1.54, 1.807) is 5.32 Å². The molecule has 1 aromatic carbocycles. The van der Waals surface area contributed by atoms with E-state index in [2.05, 4.69) is 12.2 Å². The van der Waals surface area contributed by atoms with Crippen molar-refractivity contribution >= 4 is 23.1 Å². The summed E-state index contributed by atoms with van der Waals surface area (Å²) in [5.74, 6) is -2.12. The topological polar surface area (TPSA) is 64.3 Å². The molecule has 0 aliphatic rings. The fourth-order valence-corrected chi connectivity index (χ4v) is 1.29. The van der Waals surface area contributed by atoms with Gasteiger partial charge in [-0.2, -0.15) is 13.2 Å². The fourth-order valence-electron chi connectivity index (χ4n) is 1.16. The maximum Gasteiger partial charge on any atom is 0.405 e. The van der Waals surface area contributed by atoms with Gasteiger partial charge in [-0.05, 0) is 18.2 Å². The number of hydrogen-bond acceptors (Lipinski definition) is 3. The first-order valence-corrected chi connectivity index (χ1v) is 5.65. The van der Waals surface area contributed by atoms with Crippen LogP contribution in [0, 0.1) is 5.82 Å². The Morgan fingerprint density at radius 1 is 1.40 bits per heavy atom. The van der Waals surface area contributed by atoms with Gasteiger partial charge in [-0.3, -0.25) is 4.79 Å². The molecule has 0 heterocycles. The van der Waals surface area contributed by atoms with Crippen molar-refractivity contribution in [2.45, 2.75) is 6.18 Å². The molecule has 1 aromatic rings. The van der Waals surface area contributed by atoms with Crippen molar-refractivity contribution in [2.24, 2.45) is 5.73 Å². The molecule has 4 nitrogen and oxygen atoms in total. The third-order valence-corrected chi connectivity index (χ3v) is 2.30. The Bertz CT molecular complexity index is 520. The number of ether oxygens (including phenoxy) is 1. The van der Waals surface area contributed by atoms with Crippen LogP contribution >= 0.6 is 12.2 Å². The zero-order valence-corrected chi connectivity index (χ0v) is 10.8. The number of benzene rings is 1. The minimum absolute atomic E-state index is 0.0154. The van der Waals surface area contributed by atoms with E-state index in [1.165, 1.54) is 12.1 Å². The van der Waals surface area contributed by atoms with Gasteiger partial charge in [-0.1, -0.05) is 12.2 Å². The first kappa shape index (κ1) is 16.2. The monoisotopic (exact) mass is 310 g/mol. The van der Waals surface area contributed by atoms with Crippen LogP contribution in [0.2, 0.25) is 0 Å². The van der Waals surface area contributed by atoms with Gasteiger partial charge >= 0.3 is 6.18 Å². The predicted molar refractivity (Wildman–Crippen MR) is 66.8 cm³/mol. The summed E-state index contributed by atoms with van der Waals surface area (Å²) < 4.78 is 53.7. The largest absolute Gasteiger partial charge is 0.481 e. The van der Waals surface area contributed by atoms with Gasteiger partial charge in [0.1, 0.15) is 11.5 Å². The molecule has 3 N–H and O–H groups in total. The summed E-state index contributed by atoms with van der Waals surface area (Å²) in [6.07, 6.45) is -4.51. The molecular weight excluding hydrogens is 300 g/mol. The first-order chi connectivity index (χ1) is 9.19. The van der Waals surface area contributed by atoms with Crippen LogP contribution in [0.3, 0.4) is 0 Å². The lowest BCUT2D eigenvalue weighted by atomic mass is 10.2. The van der Waals surface area contributed by atoms with E-state index in [9.17, 15) is 22.4 Å². The molecule has 9 heteroatoms. The molecule has 0 aliphatic heterocycles. The molecule has 0 bridgehead atoms. The average molecular weight is 310 g/mol. The summed E-state index contributed by atoms with van der Waals surface area (Å²) in [6, 6.07) is 3.56. The number of thiocarbonyl (C=S) groups is 1. The highest BCUT2D eigenvalue weighted by molar-refractivity contribution is 7.80. The minimum atomic E-state index is -4.51. The molecule has 110 valence electrons. The van der Waals surface area contributed by atoms with E-state index < -0.39 is 31.1 Å². The second kappa shape index (κ2) is 6.51. The molecule has 0 atom stereocenters. The summed E-state index contributed by atoms with van der Waals surface area (Å²) >= 11 is 4.64. The van der Waals surface area contributed by atoms with Gasteiger partial charge in [-0.15, -0.1) is 0 Å². The molecule has 20 heavy (non-hydrogen) atoms. The van der Waals surface area contributed by atoms with Crippen LogP contribution in [-0.2, 0) is 4.79 Å². The van der Waals surface area contributed by atoms with Crippen molar-refractivity contribution in [1.29, 1.82) is 0 Å². The summed E-state index contributed by atoms with van der Waals surface area (Å²) in [5.41, 5.74) is 5.56. The lowest BCUT2D eigenvalue weighted by Crippen LogP contribution is -2.36. The second-order valence-electron chi connectivity index (χ2n) is 3.69. The van der Waals surface area contributed by atoms with Gasteiger partial charge in [-0.25, -0.2) is 4.39 Å². The predicted octanol–water partition coefficient (Wildman–Crippen LogP) is 1.52. The Kier molecular flexibility index (Phi) is 5.26. The van der Waals surface area contributed by atoms with Gasteiger partial charge in [0, 0.05) is 5.56 Å². The molecule has 0 aliphatic carbocycles. The van der Waals surface area contributed by atoms with Crippen molar-refractivity contribution in [3.05, 3.63) is 29.6 Å². The molecule has 1 amide bonds. The van der Waals surface area contributed by atoms with Crippen LogP contribution in [0.1, 0.15) is 5.56 Å². The Balaban J connectivity index is 2.54. The van der Waals surface area contributed by atoms with Gasteiger partial charge in [0.15, 0.2) is 18.2 Å². The normalized spacial score (nSPS) is 11.0. The molecule has 0 saturated carbocycles. The Labute approximate surface area is 116 Å². The number of alkyl halides is 3. The summed E-state index contributed by atoms with van der Waals surface area (Å²) in [6.45, 7) is -2.21. The summed E-state index contributed by atoms with van der Waals surface area (Å²) in [7, 11) is 0. The van der Waals surface area contributed by atoms with E-state index in [4.69, 9.17) is 10.5 Å². The SMILES string of the molecule is NC(=S)c1ccc(OCC(=O)NCC(F)(F)F)c(F)c1. The third-order valence-electron chi connectivity index (χ3n) is 2.06. The van der Waals surface area contributed by atoms with Crippen molar-refractivity contribution < 1.29 is 27.1 Å². The number of carbonyl (C=O) groups excluding carboxylic acids is 1. The zero-order valence-electron chi connectivity index (χ0n) is 9.96. The maximum absolute atomic E-state index is 13.5. The first-order valence-electron chi connectivity index (χ1n) is 5.24. The number of carbonyl (C=O) groups is 1. The highest BCUT2D eigenvalue weighted by Gasteiger charge is 2.27. The standard InChI is InChI=1S/C11H10F4N2O2S/c12-7-3-6(10(16)20)1-2-8(7)19-4-9(18)17-5-11(13,14)15/h1-3H,4-5H2,(H2,16,20)(H,17,18). The van der Waals surface area contributed by atoms with Crippen LogP contribution in [0.5, 0.6) is 5.75 Å². The van der Waals surface area contributed by atoms with E-state index in [0.717, 1.165) is 6.07 Å². The van der Waals surface area contributed by atoms with Crippen LogP contribution in [0.4, 0.5) is 17.6 Å². The minimum Gasteiger partial charge on any atom is -0.481 e. The molecule has 0 unspecified atom stereocenters. The molecule has 0 saturated heterocycles. The summed E-state index contributed by atoms with van der Waals surface area (Å²) in [5, 5.41) is 1.59. The Morgan fingerprint density at radius 3 is 2.55 bits per heavy atom. The van der Waals surface area contributed by atoms with Gasteiger partial charge in [0.05, 0.1) is 0 Å². The number of nitrogens with one attached hydrogen (secondary N) is 1. The Hall–Kier alpha value is -1.90. The number of hydrogen-bond donors (Lipinski definition) is 2. The maximum atomic E-state index is 13.5. The van der Waals surface area contributed by atoms with Crippen molar-refractivity contribution in [1.82, 2.24) is 5.32 Å². The smallest absolute Gasteiger partial charge is 0.405 e. The van der Waals surface area contributed by atoms with Crippen LogP contribution in [0.15, 0.2) is 18.2 Å². The molecule has 0 fully saturated rings. The van der Waals surface area contributed by atoms with Gasteiger partial charge < -0.3 is 15.8 Å². The Morgan fingerprint density at radius 2 is 2.05 bits per heavy atom. The average Bonchev–Trinajstić information content (AvgIpc) is 2.33. The number of nitrogens with two attached hydrogens (primary N) is 1. The van der Waals surface area contributed by atoms with E-state index in [1.807, 2.05) is 0 Å². The van der Waals surface area contributed by atoms with Crippen LogP contribution in [0.25, 0.3) is 0 Å². The second-order valence-corrected chi connectivity index (χ2v) is 4.13. The molecule has 0 radical (unpaired) electrons. The highest BCUT2D eigenvalue weighted by atomic mass is 32.1. The summed E-state index contributed by atoms with van der Waals surface area (Å²) in [4.78, 5) is 11.0. The van der Waals surface area contributed by atoms with Crippen LogP contribution < -0.4 is 15.8 Å². The van der Waals surface area contributed by atoms with Gasteiger partial charge in [0.2, 0.25) is 0 Å². The quantitative estimate of drug-likeness (QED) is 0.639. The molecule has 1 rings (SSSR count). The number of amides is 1. The molecule has 0 spiro atoms. The molecular formula is C11H10F4N2O2S. The fraction of sp³-hybridized carbons (Fsp3) is 0.273. The lowest BCUT2D eigenvalue weighted by Gasteiger charge is -2.10. The van der Waals surface area contributed by atoms with Crippen LogP contribution in [-0.4, -0.2) is 30.2 Å². The van der Waals surface area contributed by atoms with Gasteiger partial charge in [0.25, 0.3) is 5.91 Å².